The molecule has 0 atom stereocenters. The number of hydrogen-bond acceptors (Lipinski definition) is 5. The van der Waals surface area contributed by atoms with Gasteiger partial charge in [-0.05, 0) is 25.8 Å². The van der Waals surface area contributed by atoms with Crippen molar-refractivity contribution in [2.24, 2.45) is 0 Å². The van der Waals surface area contributed by atoms with E-state index in [1.54, 1.807) is 0 Å². The van der Waals surface area contributed by atoms with Crippen molar-refractivity contribution in [2.75, 3.05) is 36.8 Å². The molecule has 2 rings (SSSR count). The van der Waals surface area contributed by atoms with Gasteiger partial charge in [-0.15, -0.1) is 0 Å². The SMILES string of the molecule is CCC(CC)n1nc(N2CCCNCC2)c(C#N)c1N. The summed E-state index contributed by atoms with van der Waals surface area (Å²) < 4.78 is 1.84. The van der Waals surface area contributed by atoms with Crippen LogP contribution in [0.4, 0.5) is 11.6 Å². The van der Waals surface area contributed by atoms with Gasteiger partial charge < -0.3 is 16.0 Å². The number of anilines is 2. The number of nitrogens with zero attached hydrogens (tertiary/aromatic N) is 4. The summed E-state index contributed by atoms with van der Waals surface area (Å²) in [6.07, 6.45) is 2.99. The molecule has 1 aromatic heterocycles. The van der Waals surface area contributed by atoms with Crippen LogP contribution in [0.25, 0.3) is 0 Å². The molecule has 0 bridgehead atoms. The number of nitrogens with two attached hydrogens (primary N) is 1. The average molecular weight is 276 g/mol. The van der Waals surface area contributed by atoms with Gasteiger partial charge in [0.05, 0.1) is 6.04 Å². The lowest BCUT2D eigenvalue weighted by Gasteiger charge is -2.19. The first-order valence-corrected chi connectivity index (χ1v) is 7.46. The third-order valence-corrected chi connectivity index (χ3v) is 3.97. The molecule has 6 nitrogen and oxygen atoms in total. The van der Waals surface area contributed by atoms with Crippen molar-refractivity contribution in [3.63, 3.8) is 0 Å². The van der Waals surface area contributed by atoms with Crippen molar-refractivity contribution in [3.8, 4) is 6.07 Å². The molecule has 20 heavy (non-hydrogen) atoms. The third-order valence-electron chi connectivity index (χ3n) is 3.97. The van der Waals surface area contributed by atoms with Crippen molar-refractivity contribution in [1.29, 1.82) is 5.26 Å². The lowest BCUT2D eigenvalue weighted by Crippen LogP contribution is -2.29. The number of aromatic nitrogens is 2. The minimum absolute atomic E-state index is 0.265. The third kappa shape index (κ3) is 2.73. The van der Waals surface area contributed by atoms with Gasteiger partial charge in [-0.2, -0.15) is 10.4 Å². The maximum atomic E-state index is 9.42. The van der Waals surface area contributed by atoms with E-state index in [-0.39, 0.29) is 6.04 Å². The Morgan fingerprint density at radius 3 is 2.75 bits per heavy atom. The molecule has 1 aliphatic heterocycles. The highest BCUT2D eigenvalue weighted by molar-refractivity contribution is 5.65. The highest BCUT2D eigenvalue weighted by Crippen LogP contribution is 2.29. The normalized spacial score (nSPS) is 16.2. The second kappa shape index (κ2) is 6.62. The number of hydrogen-bond donors (Lipinski definition) is 2. The Morgan fingerprint density at radius 1 is 1.35 bits per heavy atom. The van der Waals surface area contributed by atoms with Crippen molar-refractivity contribution < 1.29 is 0 Å². The van der Waals surface area contributed by atoms with Crippen LogP contribution >= 0.6 is 0 Å². The Kier molecular flexibility index (Phi) is 4.85. The summed E-state index contributed by atoms with van der Waals surface area (Å²) >= 11 is 0. The van der Waals surface area contributed by atoms with Crippen molar-refractivity contribution >= 4 is 11.6 Å². The van der Waals surface area contributed by atoms with Crippen LogP contribution in [0.3, 0.4) is 0 Å². The van der Waals surface area contributed by atoms with Gasteiger partial charge >= 0.3 is 0 Å². The highest BCUT2D eigenvalue weighted by atomic mass is 15.4. The van der Waals surface area contributed by atoms with E-state index in [0.717, 1.165) is 51.3 Å². The zero-order chi connectivity index (χ0) is 14.5. The van der Waals surface area contributed by atoms with Gasteiger partial charge in [0, 0.05) is 19.6 Å². The van der Waals surface area contributed by atoms with Crippen LogP contribution in [0.5, 0.6) is 0 Å². The fraction of sp³-hybridized carbons (Fsp3) is 0.714. The number of nitrogen functional groups attached to an aromatic ring is 1. The Bertz CT molecular complexity index is 475. The van der Waals surface area contributed by atoms with Crippen molar-refractivity contribution in [2.45, 2.75) is 39.2 Å². The standard InChI is InChI=1S/C14H24N6/c1-3-11(4-2)20-13(16)12(10-15)14(18-20)19-8-5-6-17-7-9-19/h11,17H,3-9,16H2,1-2H3. The first-order chi connectivity index (χ1) is 9.72. The Labute approximate surface area is 120 Å². The molecule has 2 heterocycles. The molecular weight excluding hydrogens is 252 g/mol. The van der Waals surface area contributed by atoms with Gasteiger partial charge in [0.25, 0.3) is 0 Å². The molecule has 1 fully saturated rings. The lowest BCUT2D eigenvalue weighted by atomic mass is 10.2. The molecule has 0 amide bonds. The molecule has 1 aromatic rings. The summed E-state index contributed by atoms with van der Waals surface area (Å²) in [5.74, 6) is 1.26. The predicted molar refractivity (Wildman–Crippen MR) is 80.7 cm³/mol. The largest absolute Gasteiger partial charge is 0.383 e. The Balaban J connectivity index is 2.37. The molecule has 0 unspecified atom stereocenters. The summed E-state index contributed by atoms with van der Waals surface area (Å²) in [6.45, 7) is 7.96. The topological polar surface area (TPSA) is 82.9 Å². The zero-order valence-electron chi connectivity index (χ0n) is 12.4. The summed E-state index contributed by atoms with van der Waals surface area (Å²) in [5.41, 5.74) is 6.67. The van der Waals surface area contributed by atoms with Crippen LogP contribution in [0.2, 0.25) is 0 Å². The van der Waals surface area contributed by atoms with Crippen LogP contribution in [0, 0.1) is 11.3 Å². The van der Waals surface area contributed by atoms with Crippen LogP contribution in [-0.4, -0.2) is 36.0 Å². The molecule has 6 heteroatoms. The molecular formula is C14H24N6. The van der Waals surface area contributed by atoms with E-state index < -0.39 is 0 Å². The average Bonchev–Trinajstić information content (AvgIpc) is 2.66. The predicted octanol–water partition coefficient (Wildman–Crippen LogP) is 1.50. The summed E-state index contributed by atoms with van der Waals surface area (Å²) in [4.78, 5) is 2.17. The van der Waals surface area contributed by atoms with E-state index in [1.807, 2.05) is 4.68 Å². The van der Waals surface area contributed by atoms with E-state index in [4.69, 9.17) is 5.73 Å². The smallest absolute Gasteiger partial charge is 0.170 e. The minimum Gasteiger partial charge on any atom is -0.383 e. The second-order valence-corrected chi connectivity index (χ2v) is 5.20. The van der Waals surface area contributed by atoms with Crippen LogP contribution in [0.1, 0.15) is 44.7 Å². The Hall–Kier alpha value is -1.74. The van der Waals surface area contributed by atoms with Gasteiger partial charge in [0.1, 0.15) is 17.5 Å². The van der Waals surface area contributed by atoms with E-state index in [0.29, 0.717) is 11.4 Å². The van der Waals surface area contributed by atoms with Crippen molar-refractivity contribution in [1.82, 2.24) is 15.1 Å². The lowest BCUT2D eigenvalue weighted by molar-refractivity contribution is 0.434. The fourth-order valence-corrected chi connectivity index (χ4v) is 2.73. The highest BCUT2D eigenvalue weighted by Gasteiger charge is 2.23. The van der Waals surface area contributed by atoms with Gasteiger partial charge in [0.2, 0.25) is 0 Å². The van der Waals surface area contributed by atoms with Gasteiger partial charge in [-0.3, -0.25) is 0 Å². The molecule has 0 saturated carbocycles. The summed E-state index contributed by atoms with van der Waals surface area (Å²) in [5, 5.41) is 17.4. The molecule has 0 aliphatic carbocycles. The fourth-order valence-electron chi connectivity index (χ4n) is 2.73. The molecule has 0 aromatic carbocycles. The molecule has 1 saturated heterocycles. The summed E-state index contributed by atoms with van der Waals surface area (Å²) in [7, 11) is 0. The second-order valence-electron chi connectivity index (χ2n) is 5.20. The molecule has 1 aliphatic rings. The zero-order valence-corrected chi connectivity index (χ0v) is 12.4. The van der Waals surface area contributed by atoms with Gasteiger partial charge in [-0.1, -0.05) is 13.8 Å². The van der Waals surface area contributed by atoms with Crippen LogP contribution in [-0.2, 0) is 0 Å². The molecule has 0 spiro atoms. The Morgan fingerprint density at radius 2 is 2.10 bits per heavy atom. The van der Waals surface area contributed by atoms with E-state index in [1.165, 1.54) is 0 Å². The molecule has 0 radical (unpaired) electrons. The van der Waals surface area contributed by atoms with Gasteiger partial charge in [0.15, 0.2) is 5.82 Å². The molecule has 3 N–H and O–H groups in total. The van der Waals surface area contributed by atoms with Crippen LogP contribution in [0.15, 0.2) is 0 Å². The van der Waals surface area contributed by atoms with Crippen LogP contribution < -0.4 is 16.0 Å². The quantitative estimate of drug-likeness (QED) is 0.870. The van der Waals surface area contributed by atoms with Crippen molar-refractivity contribution in [3.05, 3.63) is 5.56 Å². The summed E-state index contributed by atoms with van der Waals surface area (Å²) in [6, 6.07) is 2.50. The maximum Gasteiger partial charge on any atom is 0.170 e. The van der Waals surface area contributed by atoms with E-state index in [2.05, 4.69) is 35.2 Å². The first kappa shape index (κ1) is 14.7. The minimum atomic E-state index is 0.265. The number of rotatable bonds is 4. The van der Waals surface area contributed by atoms with E-state index in [9.17, 15) is 5.26 Å². The monoisotopic (exact) mass is 276 g/mol. The van der Waals surface area contributed by atoms with E-state index >= 15 is 0 Å². The van der Waals surface area contributed by atoms with Gasteiger partial charge in [-0.25, -0.2) is 4.68 Å². The maximum absolute atomic E-state index is 9.42. The number of nitrogens with one attached hydrogen (secondary N) is 1. The first-order valence-electron chi connectivity index (χ1n) is 7.46. The molecule has 110 valence electrons. The number of nitriles is 1.